The third-order valence-corrected chi connectivity index (χ3v) is 4.63. The molecule has 2 heterocycles. The molecular weight excluding hydrogens is 325 g/mol. The van der Waals surface area contributed by atoms with Gasteiger partial charge in [0.05, 0.1) is 16.4 Å². The van der Waals surface area contributed by atoms with E-state index >= 15 is 0 Å². The van der Waals surface area contributed by atoms with Crippen LogP contribution in [-0.4, -0.2) is 16.3 Å². The second kappa shape index (κ2) is 6.29. The van der Waals surface area contributed by atoms with E-state index in [0.29, 0.717) is 5.02 Å². The van der Waals surface area contributed by atoms with Crippen LogP contribution in [0.2, 0.25) is 5.02 Å². The number of aromatic nitrogens is 2. The van der Waals surface area contributed by atoms with Crippen molar-refractivity contribution in [1.82, 2.24) is 9.78 Å². The molecular formula is C19H17ClFN3. The van der Waals surface area contributed by atoms with Crippen LogP contribution in [0.4, 0.5) is 10.2 Å². The third-order valence-electron chi connectivity index (χ3n) is 4.31. The van der Waals surface area contributed by atoms with Crippen molar-refractivity contribution in [2.75, 3.05) is 11.9 Å². The molecule has 0 radical (unpaired) electrons. The Hall–Kier alpha value is -2.33. The number of hydrogen-bond acceptors (Lipinski definition) is 2. The Morgan fingerprint density at radius 2 is 1.96 bits per heavy atom. The normalized spacial score (nSPS) is 13.9. The van der Waals surface area contributed by atoms with Crippen molar-refractivity contribution < 1.29 is 4.39 Å². The van der Waals surface area contributed by atoms with Crippen LogP contribution in [0.25, 0.3) is 16.9 Å². The highest BCUT2D eigenvalue weighted by Crippen LogP contribution is 2.35. The van der Waals surface area contributed by atoms with E-state index in [0.717, 1.165) is 54.1 Å². The number of hydrogen-bond donors (Lipinski definition) is 1. The topological polar surface area (TPSA) is 29.9 Å². The smallest absolute Gasteiger partial charge is 0.133 e. The minimum Gasteiger partial charge on any atom is -0.370 e. The molecule has 5 heteroatoms. The maximum atomic E-state index is 13.7. The molecule has 0 amide bonds. The number of nitrogens with one attached hydrogen (secondary N) is 1. The van der Waals surface area contributed by atoms with Crippen molar-refractivity contribution in [3.8, 4) is 16.9 Å². The van der Waals surface area contributed by atoms with E-state index in [1.807, 2.05) is 35.0 Å². The van der Waals surface area contributed by atoms with Crippen molar-refractivity contribution >= 4 is 17.4 Å². The van der Waals surface area contributed by atoms with Gasteiger partial charge >= 0.3 is 0 Å². The fourth-order valence-electron chi connectivity index (χ4n) is 3.17. The average Bonchev–Trinajstić information content (AvgIpc) is 2.77. The monoisotopic (exact) mass is 341 g/mol. The quantitative estimate of drug-likeness (QED) is 0.704. The second-order valence-corrected chi connectivity index (χ2v) is 6.34. The molecule has 0 bridgehead atoms. The minimum absolute atomic E-state index is 0.255. The Kier molecular flexibility index (Phi) is 3.98. The zero-order valence-electron chi connectivity index (χ0n) is 13.1. The summed E-state index contributed by atoms with van der Waals surface area (Å²) in [7, 11) is 0. The van der Waals surface area contributed by atoms with E-state index in [1.165, 1.54) is 12.1 Å². The summed E-state index contributed by atoms with van der Waals surface area (Å²) in [6, 6.07) is 14.2. The predicted octanol–water partition coefficient (Wildman–Crippen LogP) is 5.08. The van der Waals surface area contributed by atoms with Gasteiger partial charge in [0.15, 0.2) is 0 Å². The summed E-state index contributed by atoms with van der Waals surface area (Å²) in [5.74, 6) is 0.704. The maximum absolute atomic E-state index is 13.7. The Morgan fingerprint density at radius 3 is 2.79 bits per heavy atom. The highest BCUT2D eigenvalue weighted by Gasteiger charge is 2.22. The molecule has 0 saturated heterocycles. The summed E-state index contributed by atoms with van der Waals surface area (Å²) in [4.78, 5) is 0. The molecule has 0 spiro atoms. The first-order valence-corrected chi connectivity index (χ1v) is 8.48. The first-order valence-electron chi connectivity index (χ1n) is 8.10. The molecule has 3 aromatic rings. The number of nitrogens with zero attached hydrogens (tertiary/aromatic N) is 2. The second-order valence-electron chi connectivity index (χ2n) is 5.93. The van der Waals surface area contributed by atoms with Gasteiger partial charge in [0.25, 0.3) is 0 Å². The van der Waals surface area contributed by atoms with Crippen LogP contribution in [0.3, 0.4) is 0 Å². The lowest BCUT2D eigenvalue weighted by Crippen LogP contribution is -2.07. The standard InChI is InChI=1S/C19H17ClFN3/c20-16-9-1-2-10-17(16)24-19-15(8-3-4-11-22-19)18(23-24)13-6-5-7-14(21)12-13/h1-2,5-7,9-10,12,22H,3-4,8,11H2. The third kappa shape index (κ3) is 2.67. The van der Waals surface area contributed by atoms with Crippen LogP contribution < -0.4 is 5.32 Å². The highest BCUT2D eigenvalue weighted by atomic mass is 35.5. The van der Waals surface area contributed by atoms with Gasteiger partial charge in [-0.05, 0) is 43.5 Å². The van der Waals surface area contributed by atoms with Gasteiger partial charge in [-0.3, -0.25) is 0 Å². The largest absolute Gasteiger partial charge is 0.370 e. The molecule has 2 aromatic carbocycles. The van der Waals surface area contributed by atoms with Gasteiger partial charge < -0.3 is 5.32 Å². The van der Waals surface area contributed by atoms with Gasteiger partial charge in [0, 0.05) is 17.7 Å². The minimum atomic E-state index is -0.255. The SMILES string of the molecule is Fc1cccc(-c2nn(-c3ccccc3Cl)c3c2CCCCN3)c1. The van der Waals surface area contributed by atoms with Gasteiger partial charge in [0.1, 0.15) is 11.6 Å². The number of para-hydroxylation sites is 1. The van der Waals surface area contributed by atoms with Gasteiger partial charge in [-0.15, -0.1) is 0 Å². The van der Waals surface area contributed by atoms with Crippen molar-refractivity contribution in [2.24, 2.45) is 0 Å². The molecule has 122 valence electrons. The van der Waals surface area contributed by atoms with Gasteiger partial charge in [-0.2, -0.15) is 5.10 Å². The van der Waals surface area contributed by atoms with E-state index in [2.05, 4.69) is 5.32 Å². The molecule has 24 heavy (non-hydrogen) atoms. The zero-order chi connectivity index (χ0) is 16.5. The van der Waals surface area contributed by atoms with E-state index in [-0.39, 0.29) is 5.82 Å². The molecule has 0 saturated carbocycles. The lowest BCUT2D eigenvalue weighted by atomic mass is 10.0. The molecule has 3 nitrogen and oxygen atoms in total. The van der Waals surface area contributed by atoms with Gasteiger partial charge in [-0.25, -0.2) is 9.07 Å². The number of halogens is 2. The number of benzene rings is 2. The summed E-state index contributed by atoms with van der Waals surface area (Å²) < 4.78 is 15.5. The zero-order valence-corrected chi connectivity index (χ0v) is 13.9. The summed E-state index contributed by atoms with van der Waals surface area (Å²) >= 11 is 6.37. The molecule has 0 atom stereocenters. The van der Waals surface area contributed by atoms with E-state index in [9.17, 15) is 4.39 Å². The van der Waals surface area contributed by atoms with Crippen LogP contribution in [-0.2, 0) is 6.42 Å². The number of rotatable bonds is 2. The number of fused-ring (bicyclic) bond motifs is 1. The Balaban J connectivity index is 1.94. The van der Waals surface area contributed by atoms with Crippen molar-refractivity contribution in [2.45, 2.75) is 19.3 Å². The van der Waals surface area contributed by atoms with Gasteiger partial charge in [0.2, 0.25) is 0 Å². The summed E-state index contributed by atoms with van der Waals surface area (Å²) in [6.45, 7) is 0.895. The maximum Gasteiger partial charge on any atom is 0.133 e. The fraction of sp³-hybridized carbons (Fsp3) is 0.211. The molecule has 1 aliphatic rings. The predicted molar refractivity (Wildman–Crippen MR) is 95.4 cm³/mol. The van der Waals surface area contributed by atoms with Gasteiger partial charge in [-0.1, -0.05) is 35.9 Å². The molecule has 1 aliphatic heterocycles. The van der Waals surface area contributed by atoms with Crippen LogP contribution in [0.15, 0.2) is 48.5 Å². The first-order chi connectivity index (χ1) is 11.7. The Labute approximate surface area is 145 Å². The summed E-state index contributed by atoms with van der Waals surface area (Å²) in [5.41, 5.74) is 3.56. The van der Waals surface area contributed by atoms with E-state index < -0.39 is 0 Å². The average molecular weight is 342 g/mol. The van der Waals surface area contributed by atoms with Crippen molar-refractivity contribution in [3.05, 3.63) is 64.9 Å². The first kappa shape index (κ1) is 15.2. The van der Waals surface area contributed by atoms with Crippen LogP contribution in [0.5, 0.6) is 0 Å². The Morgan fingerprint density at radius 1 is 1.08 bits per heavy atom. The molecule has 0 fully saturated rings. The summed E-state index contributed by atoms with van der Waals surface area (Å²) in [6.07, 6.45) is 3.09. The Bertz CT molecular complexity index is 888. The molecule has 0 aliphatic carbocycles. The highest BCUT2D eigenvalue weighted by molar-refractivity contribution is 6.32. The van der Waals surface area contributed by atoms with E-state index in [4.69, 9.17) is 16.7 Å². The molecule has 1 N–H and O–H groups in total. The molecule has 1 aromatic heterocycles. The molecule has 0 unspecified atom stereocenters. The fourth-order valence-corrected chi connectivity index (χ4v) is 3.38. The van der Waals surface area contributed by atoms with Crippen molar-refractivity contribution in [3.63, 3.8) is 0 Å². The van der Waals surface area contributed by atoms with Crippen LogP contribution >= 0.6 is 11.6 Å². The lowest BCUT2D eigenvalue weighted by Gasteiger charge is -2.10. The lowest BCUT2D eigenvalue weighted by molar-refractivity contribution is 0.628. The van der Waals surface area contributed by atoms with Crippen LogP contribution in [0, 0.1) is 5.82 Å². The molecule has 4 rings (SSSR count). The van der Waals surface area contributed by atoms with E-state index in [1.54, 1.807) is 6.07 Å². The van der Waals surface area contributed by atoms with Crippen LogP contribution in [0.1, 0.15) is 18.4 Å². The number of anilines is 1. The van der Waals surface area contributed by atoms with Crippen molar-refractivity contribution in [1.29, 1.82) is 0 Å². The summed E-state index contributed by atoms with van der Waals surface area (Å²) in [5, 5.41) is 8.89.